The predicted octanol–water partition coefficient (Wildman–Crippen LogP) is 4.35. The summed E-state index contributed by atoms with van der Waals surface area (Å²) >= 11 is 0. The number of aromatic nitrogens is 3. The van der Waals surface area contributed by atoms with Gasteiger partial charge in [-0.1, -0.05) is 24.4 Å². The zero-order valence-electron chi connectivity index (χ0n) is 15.6. The van der Waals surface area contributed by atoms with Gasteiger partial charge < -0.3 is 14.6 Å². The van der Waals surface area contributed by atoms with E-state index >= 15 is 0 Å². The summed E-state index contributed by atoms with van der Waals surface area (Å²) in [6.45, 7) is 1.95. The molecule has 0 radical (unpaired) electrons. The van der Waals surface area contributed by atoms with Crippen LogP contribution in [0.3, 0.4) is 0 Å². The molecule has 4 rings (SSSR count). The lowest BCUT2D eigenvalue weighted by molar-refractivity contribution is 0.0512. The lowest BCUT2D eigenvalue weighted by atomic mass is 9.95. The molecular formula is C20H21FN4O3. The molecule has 2 aromatic heterocycles. The minimum atomic E-state index is -0.615. The molecule has 1 aliphatic carbocycles. The highest BCUT2D eigenvalue weighted by Gasteiger charge is 2.24. The summed E-state index contributed by atoms with van der Waals surface area (Å²) in [6, 6.07) is 6.21. The van der Waals surface area contributed by atoms with Gasteiger partial charge in [-0.15, -0.1) is 0 Å². The van der Waals surface area contributed by atoms with Gasteiger partial charge in [0.15, 0.2) is 0 Å². The summed E-state index contributed by atoms with van der Waals surface area (Å²) in [5.41, 5.74) is 1.37. The Kier molecular flexibility index (Phi) is 5.18. The Labute approximate surface area is 161 Å². The summed E-state index contributed by atoms with van der Waals surface area (Å²) in [5.74, 6) is -0.538. The molecule has 28 heavy (non-hydrogen) atoms. The van der Waals surface area contributed by atoms with E-state index in [0.717, 1.165) is 25.7 Å². The second kappa shape index (κ2) is 7.92. The van der Waals surface area contributed by atoms with Crippen molar-refractivity contribution in [2.45, 2.75) is 45.1 Å². The standard InChI is InChI=1S/C20H21FN4O3/c1-2-27-20(26)18-23-17(22-14-6-4-3-5-7-14)15-16(25-28-19(15)24-18)12-8-10-13(21)11-9-12/h8-11,14H,2-7H2,1H3,(H,22,23,24). The number of nitrogens with zero attached hydrogens (tertiary/aromatic N) is 3. The summed E-state index contributed by atoms with van der Waals surface area (Å²) in [7, 11) is 0. The van der Waals surface area contributed by atoms with Gasteiger partial charge in [0.25, 0.3) is 5.71 Å². The van der Waals surface area contributed by atoms with E-state index in [9.17, 15) is 9.18 Å². The highest BCUT2D eigenvalue weighted by atomic mass is 19.1. The van der Waals surface area contributed by atoms with Gasteiger partial charge in [-0.25, -0.2) is 14.2 Å². The molecule has 2 heterocycles. The first kappa shape index (κ1) is 18.3. The molecule has 0 unspecified atom stereocenters. The largest absolute Gasteiger partial charge is 0.460 e. The number of carbonyl (C=O) groups excluding carboxylic acids is 1. The number of benzene rings is 1. The van der Waals surface area contributed by atoms with E-state index in [0.29, 0.717) is 22.5 Å². The average molecular weight is 384 g/mol. The molecule has 8 heteroatoms. The molecule has 0 saturated heterocycles. The Morgan fingerprint density at radius 2 is 1.96 bits per heavy atom. The van der Waals surface area contributed by atoms with E-state index in [1.54, 1.807) is 19.1 Å². The van der Waals surface area contributed by atoms with E-state index in [2.05, 4.69) is 20.4 Å². The van der Waals surface area contributed by atoms with Gasteiger partial charge in [-0.2, -0.15) is 4.98 Å². The Hall–Kier alpha value is -3.03. The molecule has 1 aromatic carbocycles. The van der Waals surface area contributed by atoms with Crippen LogP contribution in [0.25, 0.3) is 22.4 Å². The maximum atomic E-state index is 13.3. The first-order valence-electron chi connectivity index (χ1n) is 9.52. The first-order valence-corrected chi connectivity index (χ1v) is 9.52. The fourth-order valence-corrected chi connectivity index (χ4v) is 3.49. The van der Waals surface area contributed by atoms with Crippen LogP contribution in [0, 0.1) is 5.82 Å². The molecule has 7 nitrogen and oxygen atoms in total. The smallest absolute Gasteiger partial charge is 0.376 e. The van der Waals surface area contributed by atoms with Crippen LogP contribution in [0.1, 0.15) is 49.6 Å². The van der Waals surface area contributed by atoms with E-state index < -0.39 is 5.97 Å². The maximum absolute atomic E-state index is 13.3. The lowest BCUT2D eigenvalue weighted by Gasteiger charge is -2.23. The first-order chi connectivity index (χ1) is 13.7. The van der Waals surface area contributed by atoms with Gasteiger partial charge >= 0.3 is 5.97 Å². The summed E-state index contributed by atoms with van der Waals surface area (Å²) in [4.78, 5) is 20.8. The Balaban J connectivity index is 1.81. The van der Waals surface area contributed by atoms with E-state index in [1.165, 1.54) is 18.6 Å². The topological polar surface area (TPSA) is 90.1 Å². The molecule has 0 atom stereocenters. The van der Waals surface area contributed by atoms with Crippen LogP contribution in [0.5, 0.6) is 0 Å². The van der Waals surface area contributed by atoms with Crippen molar-refractivity contribution in [2.75, 3.05) is 11.9 Å². The third-order valence-electron chi connectivity index (χ3n) is 4.86. The number of nitrogens with one attached hydrogen (secondary N) is 1. The van der Waals surface area contributed by atoms with Crippen LogP contribution in [0.15, 0.2) is 28.8 Å². The number of fused-ring (bicyclic) bond motifs is 1. The number of halogens is 1. The Morgan fingerprint density at radius 3 is 2.68 bits per heavy atom. The average Bonchev–Trinajstić information content (AvgIpc) is 3.14. The number of esters is 1. The van der Waals surface area contributed by atoms with Gasteiger partial charge in [-0.3, -0.25) is 0 Å². The zero-order valence-corrected chi connectivity index (χ0v) is 15.6. The molecule has 146 valence electrons. The normalized spacial score (nSPS) is 14.9. The molecule has 0 bridgehead atoms. The van der Waals surface area contributed by atoms with Crippen LogP contribution in [-0.4, -0.2) is 33.7 Å². The molecule has 1 fully saturated rings. The van der Waals surface area contributed by atoms with Crippen molar-refractivity contribution >= 4 is 22.9 Å². The summed E-state index contributed by atoms with van der Waals surface area (Å²) in [6.07, 6.45) is 5.56. The Bertz CT molecular complexity index is 981. The second-order valence-electron chi connectivity index (χ2n) is 6.81. The van der Waals surface area contributed by atoms with Gasteiger partial charge in [0.05, 0.1) is 6.61 Å². The molecule has 1 saturated carbocycles. The van der Waals surface area contributed by atoms with E-state index in [4.69, 9.17) is 9.26 Å². The van der Waals surface area contributed by atoms with Crippen molar-refractivity contribution < 1.29 is 18.4 Å². The molecule has 3 aromatic rings. The minimum absolute atomic E-state index is 0.0746. The molecular weight excluding hydrogens is 363 g/mol. The van der Waals surface area contributed by atoms with E-state index in [-0.39, 0.29) is 30.0 Å². The van der Waals surface area contributed by atoms with Crippen molar-refractivity contribution in [1.82, 2.24) is 15.1 Å². The second-order valence-corrected chi connectivity index (χ2v) is 6.81. The van der Waals surface area contributed by atoms with Crippen LogP contribution >= 0.6 is 0 Å². The van der Waals surface area contributed by atoms with Gasteiger partial charge in [0, 0.05) is 11.6 Å². The van der Waals surface area contributed by atoms with Crippen LogP contribution in [-0.2, 0) is 4.74 Å². The van der Waals surface area contributed by atoms with Crippen molar-refractivity contribution in [2.24, 2.45) is 0 Å². The van der Waals surface area contributed by atoms with Crippen molar-refractivity contribution in [3.8, 4) is 11.3 Å². The number of rotatable bonds is 5. The number of carbonyl (C=O) groups is 1. The minimum Gasteiger partial charge on any atom is -0.460 e. The lowest BCUT2D eigenvalue weighted by Crippen LogP contribution is -2.24. The number of ether oxygens (including phenoxy) is 1. The zero-order chi connectivity index (χ0) is 19.5. The fraction of sp³-hybridized carbons (Fsp3) is 0.400. The van der Waals surface area contributed by atoms with Crippen molar-refractivity contribution in [1.29, 1.82) is 0 Å². The van der Waals surface area contributed by atoms with Crippen molar-refractivity contribution in [3.05, 3.63) is 35.9 Å². The summed E-state index contributed by atoms with van der Waals surface area (Å²) < 4.78 is 23.7. The van der Waals surface area contributed by atoms with Crippen LogP contribution < -0.4 is 5.32 Å². The third-order valence-corrected chi connectivity index (χ3v) is 4.86. The number of anilines is 1. The number of hydrogen-bond acceptors (Lipinski definition) is 7. The highest BCUT2D eigenvalue weighted by Crippen LogP contribution is 2.33. The van der Waals surface area contributed by atoms with Gasteiger partial charge in [0.2, 0.25) is 5.82 Å². The predicted molar refractivity (Wildman–Crippen MR) is 101 cm³/mol. The molecule has 1 N–H and O–H groups in total. The third kappa shape index (κ3) is 3.67. The molecule has 0 aliphatic heterocycles. The monoisotopic (exact) mass is 384 g/mol. The molecule has 0 spiro atoms. The SMILES string of the molecule is CCOC(=O)c1nc(NC2CCCCC2)c2c(-c3ccc(F)cc3)noc2n1. The van der Waals surface area contributed by atoms with Crippen LogP contribution in [0.2, 0.25) is 0 Å². The quantitative estimate of drug-likeness (QED) is 0.654. The number of hydrogen-bond donors (Lipinski definition) is 1. The van der Waals surface area contributed by atoms with Crippen molar-refractivity contribution in [3.63, 3.8) is 0 Å². The summed E-state index contributed by atoms with van der Waals surface area (Å²) in [5, 5.41) is 8.11. The molecule has 0 amide bonds. The van der Waals surface area contributed by atoms with Gasteiger partial charge in [0.1, 0.15) is 22.7 Å². The van der Waals surface area contributed by atoms with E-state index in [1.807, 2.05) is 0 Å². The fourth-order valence-electron chi connectivity index (χ4n) is 3.49. The maximum Gasteiger partial charge on any atom is 0.376 e. The Morgan fingerprint density at radius 1 is 1.21 bits per heavy atom. The van der Waals surface area contributed by atoms with Crippen LogP contribution in [0.4, 0.5) is 10.2 Å². The van der Waals surface area contributed by atoms with Gasteiger partial charge in [-0.05, 0) is 44.0 Å². The molecule has 1 aliphatic rings. The highest BCUT2D eigenvalue weighted by molar-refractivity contribution is 5.99.